The van der Waals surface area contributed by atoms with Crippen LogP contribution < -0.4 is 14.2 Å². The molecule has 0 aromatic heterocycles. The number of aliphatic carboxylic acids is 1. The van der Waals surface area contributed by atoms with Gasteiger partial charge in [-0.05, 0) is 42.8 Å². The standard InChI is InChI=1S/C20H23NO6/c1-4-26-18-11-15(8-9-17(18)27-13-19(22)23)20(24)21(2)12-14-6-5-7-16(10-14)25-3/h5-11H,4,12-13H2,1-3H3,(H,22,23). The second-order valence-electron chi connectivity index (χ2n) is 5.79. The summed E-state index contributed by atoms with van der Waals surface area (Å²) in [5, 5.41) is 8.75. The lowest BCUT2D eigenvalue weighted by atomic mass is 10.1. The van der Waals surface area contributed by atoms with Crippen LogP contribution >= 0.6 is 0 Å². The monoisotopic (exact) mass is 373 g/mol. The molecule has 7 nitrogen and oxygen atoms in total. The first-order chi connectivity index (χ1) is 12.9. The van der Waals surface area contributed by atoms with Crippen molar-refractivity contribution in [3.63, 3.8) is 0 Å². The summed E-state index contributed by atoms with van der Waals surface area (Å²) in [4.78, 5) is 25.0. The molecule has 2 aromatic rings. The average Bonchev–Trinajstić information content (AvgIpc) is 2.66. The van der Waals surface area contributed by atoms with E-state index >= 15 is 0 Å². The summed E-state index contributed by atoms with van der Waals surface area (Å²) in [5.74, 6) is 0.0664. The number of hydrogen-bond donors (Lipinski definition) is 1. The highest BCUT2D eigenvalue weighted by Crippen LogP contribution is 2.29. The van der Waals surface area contributed by atoms with Crippen LogP contribution in [0.3, 0.4) is 0 Å². The Morgan fingerprint density at radius 3 is 2.52 bits per heavy atom. The fourth-order valence-corrected chi connectivity index (χ4v) is 2.50. The molecule has 0 unspecified atom stereocenters. The van der Waals surface area contributed by atoms with Crippen molar-refractivity contribution >= 4 is 11.9 Å². The van der Waals surface area contributed by atoms with Crippen molar-refractivity contribution in [3.05, 3.63) is 53.6 Å². The number of nitrogens with zero attached hydrogens (tertiary/aromatic N) is 1. The van der Waals surface area contributed by atoms with Crippen LogP contribution in [0.25, 0.3) is 0 Å². The molecule has 0 fully saturated rings. The van der Waals surface area contributed by atoms with Crippen LogP contribution in [-0.4, -0.2) is 49.3 Å². The number of amides is 1. The predicted molar refractivity (Wildman–Crippen MR) is 99.5 cm³/mol. The third-order valence-corrected chi connectivity index (χ3v) is 3.74. The first-order valence-electron chi connectivity index (χ1n) is 8.44. The van der Waals surface area contributed by atoms with Crippen molar-refractivity contribution in [1.29, 1.82) is 0 Å². The molecule has 0 bridgehead atoms. The number of hydrogen-bond acceptors (Lipinski definition) is 5. The zero-order chi connectivity index (χ0) is 19.8. The SMILES string of the molecule is CCOc1cc(C(=O)N(C)Cc2cccc(OC)c2)ccc1OCC(=O)O. The largest absolute Gasteiger partial charge is 0.497 e. The van der Waals surface area contributed by atoms with E-state index in [1.165, 1.54) is 0 Å². The molecule has 7 heteroatoms. The van der Waals surface area contributed by atoms with E-state index in [2.05, 4.69) is 0 Å². The van der Waals surface area contributed by atoms with E-state index < -0.39 is 12.6 Å². The highest BCUT2D eigenvalue weighted by atomic mass is 16.5. The molecule has 0 saturated heterocycles. The summed E-state index contributed by atoms with van der Waals surface area (Å²) in [6.45, 7) is 2.09. The molecule has 0 aliphatic carbocycles. The van der Waals surface area contributed by atoms with Crippen molar-refractivity contribution < 1.29 is 28.9 Å². The quantitative estimate of drug-likeness (QED) is 0.727. The molecule has 0 radical (unpaired) electrons. The normalized spacial score (nSPS) is 10.2. The second kappa shape index (κ2) is 9.47. The third kappa shape index (κ3) is 5.64. The van der Waals surface area contributed by atoms with Gasteiger partial charge in [-0.25, -0.2) is 4.79 Å². The first-order valence-corrected chi connectivity index (χ1v) is 8.44. The first kappa shape index (κ1) is 20.1. The molecule has 2 rings (SSSR count). The highest BCUT2D eigenvalue weighted by Gasteiger charge is 2.16. The lowest BCUT2D eigenvalue weighted by Gasteiger charge is -2.19. The summed E-state index contributed by atoms with van der Waals surface area (Å²) < 4.78 is 15.9. The molecule has 2 aromatic carbocycles. The molecule has 1 N–H and O–H groups in total. The minimum Gasteiger partial charge on any atom is -0.497 e. The zero-order valence-electron chi connectivity index (χ0n) is 15.6. The van der Waals surface area contributed by atoms with Crippen molar-refractivity contribution in [2.75, 3.05) is 27.4 Å². The molecular weight excluding hydrogens is 350 g/mol. The van der Waals surface area contributed by atoms with Crippen molar-refractivity contribution in [2.45, 2.75) is 13.5 Å². The lowest BCUT2D eigenvalue weighted by molar-refractivity contribution is -0.139. The molecule has 0 aliphatic heterocycles. The minimum absolute atomic E-state index is 0.191. The molecular formula is C20H23NO6. The highest BCUT2D eigenvalue weighted by molar-refractivity contribution is 5.94. The van der Waals surface area contributed by atoms with Gasteiger partial charge in [0, 0.05) is 19.2 Å². The number of rotatable bonds is 9. The van der Waals surface area contributed by atoms with Crippen molar-refractivity contribution in [3.8, 4) is 17.2 Å². The van der Waals surface area contributed by atoms with Crippen molar-refractivity contribution in [2.24, 2.45) is 0 Å². The van der Waals surface area contributed by atoms with Crippen LogP contribution in [0.5, 0.6) is 17.2 Å². The van der Waals surface area contributed by atoms with E-state index in [0.717, 1.165) is 11.3 Å². The average molecular weight is 373 g/mol. The van der Waals surface area contributed by atoms with Crippen LogP contribution in [-0.2, 0) is 11.3 Å². The number of methoxy groups -OCH3 is 1. The Kier molecular flexibility index (Phi) is 7.05. The Balaban J connectivity index is 2.16. The predicted octanol–water partition coefficient (Wildman–Crippen LogP) is 2.83. The van der Waals surface area contributed by atoms with Crippen LogP contribution in [0.4, 0.5) is 0 Å². The smallest absolute Gasteiger partial charge is 0.341 e. The van der Waals surface area contributed by atoms with E-state index in [4.69, 9.17) is 19.3 Å². The number of carboxylic acids is 1. The summed E-state index contributed by atoms with van der Waals surface area (Å²) >= 11 is 0. The molecule has 0 saturated carbocycles. The fourth-order valence-electron chi connectivity index (χ4n) is 2.50. The number of carbonyl (C=O) groups excluding carboxylic acids is 1. The Bertz CT molecular complexity index is 805. The second-order valence-corrected chi connectivity index (χ2v) is 5.79. The number of benzene rings is 2. The topological polar surface area (TPSA) is 85.3 Å². The van der Waals surface area contributed by atoms with Gasteiger partial charge in [0.1, 0.15) is 5.75 Å². The Morgan fingerprint density at radius 2 is 1.85 bits per heavy atom. The van der Waals surface area contributed by atoms with Gasteiger partial charge >= 0.3 is 5.97 Å². The number of carbonyl (C=O) groups is 2. The van der Waals surface area contributed by atoms with Gasteiger partial charge < -0.3 is 24.2 Å². The maximum atomic E-state index is 12.7. The van der Waals surface area contributed by atoms with E-state index in [1.54, 1.807) is 44.2 Å². The Morgan fingerprint density at radius 1 is 1.07 bits per heavy atom. The van der Waals surface area contributed by atoms with Gasteiger partial charge in [-0.15, -0.1) is 0 Å². The van der Waals surface area contributed by atoms with E-state index in [0.29, 0.717) is 24.5 Å². The van der Waals surface area contributed by atoms with Gasteiger partial charge in [-0.2, -0.15) is 0 Å². The summed E-state index contributed by atoms with van der Waals surface area (Å²) in [6, 6.07) is 12.2. The number of ether oxygens (including phenoxy) is 3. The maximum Gasteiger partial charge on any atom is 0.341 e. The minimum atomic E-state index is -1.09. The van der Waals surface area contributed by atoms with Gasteiger partial charge in [0.15, 0.2) is 18.1 Å². The van der Waals surface area contributed by atoms with Crippen molar-refractivity contribution in [1.82, 2.24) is 4.90 Å². The third-order valence-electron chi connectivity index (χ3n) is 3.74. The molecule has 1 amide bonds. The lowest BCUT2D eigenvalue weighted by Crippen LogP contribution is -2.26. The van der Waals surface area contributed by atoms with Gasteiger partial charge in [-0.1, -0.05) is 12.1 Å². The van der Waals surface area contributed by atoms with Gasteiger partial charge in [0.2, 0.25) is 0 Å². The van der Waals surface area contributed by atoms with E-state index in [-0.39, 0.29) is 11.7 Å². The Labute approximate surface area is 158 Å². The van der Waals surface area contributed by atoms with Gasteiger partial charge in [0.25, 0.3) is 5.91 Å². The Hall–Kier alpha value is -3.22. The molecule has 0 aliphatic rings. The molecule has 144 valence electrons. The summed E-state index contributed by atoms with van der Waals surface area (Å²) in [5.41, 5.74) is 1.36. The maximum absolute atomic E-state index is 12.7. The number of carboxylic acid groups (broad SMARTS) is 1. The van der Waals surface area contributed by atoms with Crippen LogP contribution in [0.1, 0.15) is 22.8 Å². The molecule has 0 atom stereocenters. The van der Waals surface area contributed by atoms with E-state index in [1.807, 2.05) is 24.3 Å². The fraction of sp³-hybridized carbons (Fsp3) is 0.300. The van der Waals surface area contributed by atoms with Crippen LogP contribution in [0.2, 0.25) is 0 Å². The summed E-state index contributed by atoms with van der Waals surface area (Å²) in [6.07, 6.45) is 0. The van der Waals surface area contributed by atoms with Gasteiger partial charge in [-0.3, -0.25) is 4.79 Å². The van der Waals surface area contributed by atoms with E-state index in [9.17, 15) is 9.59 Å². The molecule has 27 heavy (non-hydrogen) atoms. The van der Waals surface area contributed by atoms with Crippen LogP contribution in [0, 0.1) is 0 Å². The van der Waals surface area contributed by atoms with Crippen LogP contribution in [0.15, 0.2) is 42.5 Å². The summed E-state index contributed by atoms with van der Waals surface area (Å²) in [7, 11) is 3.30. The zero-order valence-corrected chi connectivity index (χ0v) is 15.6. The molecule has 0 spiro atoms. The molecule has 0 heterocycles. The van der Waals surface area contributed by atoms with Gasteiger partial charge in [0.05, 0.1) is 13.7 Å².